The van der Waals surface area contributed by atoms with Gasteiger partial charge in [0.2, 0.25) is 0 Å². The van der Waals surface area contributed by atoms with Gasteiger partial charge < -0.3 is 10.4 Å². The number of aliphatic carboxylic acids is 1. The fraction of sp³-hybridized carbons (Fsp3) is 0.276. The Bertz CT molecular complexity index is 1330. The number of nitrogens with one attached hydrogen (secondary N) is 2. The number of fused-ring (bicyclic) bond motifs is 2. The Balaban J connectivity index is 1.63. The fourth-order valence-electron chi connectivity index (χ4n) is 4.50. The topological polar surface area (TPSA) is 111 Å². The van der Waals surface area contributed by atoms with Crippen LogP contribution in [-0.2, 0) is 11.2 Å². The number of carboxylic acid groups (broad SMARTS) is 1. The van der Waals surface area contributed by atoms with Crippen molar-refractivity contribution in [3.63, 3.8) is 0 Å². The summed E-state index contributed by atoms with van der Waals surface area (Å²) in [5.41, 5.74) is 8.96. The van der Waals surface area contributed by atoms with Crippen LogP contribution in [0.4, 0.5) is 11.5 Å². The molecule has 0 spiro atoms. The molecule has 8 nitrogen and oxygen atoms in total. The lowest BCUT2D eigenvalue weighted by Gasteiger charge is -2.30. The van der Waals surface area contributed by atoms with E-state index in [1.165, 1.54) is 11.1 Å². The molecule has 1 unspecified atom stereocenters. The predicted octanol–water partition coefficient (Wildman–Crippen LogP) is 5.83. The van der Waals surface area contributed by atoms with Gasteiger partial charge in [-0.2, -0.15) is 5.17 Å². The Labute approximate surface area is 217 Å². The number of carbonyl (C=O) groups is 1. The normalized spacial score (nSPS) is 15.5. The van der Waals surface area contributed by atoms with Crippen molar-refractivity contribution in [3.05, 3.63) is 90.2 Å². The average molecular weight is 500 g/mol. The molecule has 8 heteroatoms. The summed E-state index contributed by atoms with van der Waals surface area (Å²) in [6.45, 7) is 6.28. The number of aryl methyl sites for hydroxylation is 1. The summed E-state index contributed by atoms with van der Waals surface area (Å²) in [6, 6.07) is 13.7. The zero-order valence-corrected chi connectivity index (χ0v) is 21.0. The minimum absolute atomic E-state index is 0.0116. The van der Waals surface area contributed by atoms with Crippen LogP contribution in [-0.4, -0.2) is 32.8 Å². The molecule has 3 aromatic rings. The van der Waals surface area contributed by atoms with Gasteiger partial charge in [-0.25, -0.2) is 15.4 Å². The summed E-state index contributed by atoms with van der Waals surface area (Å²) < 4.78 is 0. The van der Waals surface area contributed by atoms with Crippen LogP contribution in [0.5, 0.6) is 0 Å². The molecule has 0 saturated carbocycles. The van der Waals surface area contributed by atoms with E-state index in [2.05, 4.69) is 29.5 Å². The van der Waals surface area contributed by atoms with Gasteiger partial charge in [-0.1, -0.05) is 55.1 Å². The predicted molar refractivity (Wildman–Crippen MR) is 147 cm³/mol. The molecule has 0 bridgehead atoms. The van der Waals surface area contributed by atoms with Gasteiger partial charge in [0.25, 0.3) is 0 Å². The van der Waals surface area contributed by atoms with Crippen LogP contribution < -0.4 is 15.9 Å². The first-order valence-corrected chi connectivity index (χ1v) is 12.6. The molecule has 0 fully saturated rings. The second kappa shape index (κ2) is 12.3. The summed E-state index contributed by atoms with van der Waals surface area (Å²) in [6.07, 6.45) is 11.0. The number of aromatic nitrogens is 2. The van der Waals surface area contributed by atoms with E-state index in [0.717, 1.165) is 30.0 Å². The molecule has 2 aromatic carbocycles. The largest absolute Gasteiger partial charge is 0.481 e. The van der Waals surface area contributed by atoms with Gasteiger partial charge in [-0.15, -0.1) is 0 Å². The molecule has 192 valence electrons. The van der Waals surface area contributed by atoms with Crippen molar-refractivity contribution in [1.29, 1.82) is 0 Å². The van der Waals surface area contributed by atoms with Crippen molar-refractivity contribution < 1.29 is 15.1 Å². The molecule has 0 radical (unpaired) electrons. The highest BCUT2D eigenvalue weighted by atomic mass is 16.5. The van der Waals surface area contributed by atoms with Gasteiger partial charge >= 0.3 is 5.97 Å². The van der Waals surface area contributed by atoms with E-state index in [1.54, 1.807) is 18.2 Å². The molecule has 37 heavy (non-hydrogen) atoms. The maximum Gasteiger partial charge on any atom is 0.303 e. The minimum atomic E-state index is -0.841. The molecule has 1 aliphatic rings. The quantitative estimate of drug-likeness (QED) is 0.148. The van der Waals surface area contributed by atoms with Crippen LogP contribution in [0.2, 0.25) is 0 Å². The average Bonchev–Trinajstić information content (AvgIpc) is 2.91. The van der Waals surface area contributed by atoms with Crippen LogP contribution in [0, 0.1) is 0 Å². The second-order valence-electron chi connectivity index (χ2n) is 8.95. The lowest BCUT2D eigenvalue weighted by molar-refractivity contribution is -0.137. The lowest BCUT2D eigenvalue weighted by Crippen LogP contribution is -2.39. The standard InChI is InChI=1S/C29H33N5O3/c1-3-5-10-20(4-2)28-29(30-18-9-15-27(35)36)32-26-19-22(16-17-25(26)31-28)34(37)33-24-14-8-12-21-11-6-7-13-23(21)24/h3-7,10-11,13,16-17,19,24,33,37H,2,8-9,12,14-15,18H2,1H3,(H,30,32)(H,35,36)/b5-3-,20-10+. The molecule has 1 heterocycles. The number of allylic oxidation sites excluding steroid dienone is 5. The van der Waals surface area contributed by atoms with Crippen molar-refractivity contribution >= 4 is 34.1 Å². The van der Waals surface area contributed by atoms with Gasteiger partial charge in [0, 0.05) is 18.5 Å². The Morgan fingerprint density at radius 1 is 1.22 bits per heavy atom. The number of nitrogens with zero attached hydrogens (tertiary/aromatic N) is 3. The van der Waals surface area contributed by atoms with Gasteiger partial charge in [-0.05, 0) is 61.9 Å². The summed E-state index contributed by atoms with van der Waals surface area (Å²) in [5.74, 6) is -0.309. The van der Waals surface area contributed by atoms with E-state index in [1.807, 2.05) is 43.4 Å². The fourth-order valence-corrected chi connectivity index (χ4v) is 4.50. The SMILES string of the molecule is C=C/C(=C\C=C/C)c1nc2ccc(N(O)NC3CCCc4ccccc43)cc2nc1NCCCC(=O)O. The van der Waals surface area contributed by atoms with Gasteiger partial charge in [0.15, 0.2) is 5.82 Å². The highest BCUT2D eigenvalue weighted by Gasteiger charge is 2.22. The van der Waals surface area contributed by atoms with Gasteiger partial charge in [0.1, 0.15) is 5.69 Å². The van der Waals surface area contributed by atoms with Crippen molar-refractivity contribution in [3.8, 4) is 0 Å². The van der Waals surface area contributed by atoms with Crippen LogP contribution in [0.1, 0.15) is 55.5 Å². The molecular formula is C29H33N5O3. The highest BCUT2D eigenvalue weighted by molar-refractivity contribution is 5.86. The Morgan fingerprint density at radius 2 is 2.05 bits per heavy atom. The molecule has 1 atom stereocenters. The van der Waals surface area contributed by atoms with Crippen LogP contribution >= 0.6 is 0 Å². The van der Waals surface area contributed by atoms with Crippen LogP contribution in [0.15, 0.2) is 73.3 Å². The van der Waals surface area contributed by atoms with Crippen LogP contribution in [0.25, 0.3) is 16.6 Å². The summed E-state index contributed by atoms with van der Waals surface area (Å²) in [7, 11) is 0. The zero-order valence-electron chi connectivity index (χ0n) is 21.0. The van der Waals surface area contributed by atoms with Crippen molar-refractivity contribution in [1.82, 2.24) is 15.4 Å². The first-order valence-electron chi connectivity index (χ1n) is 12.6. The summed E-state index contributed by atoms with van der Waals surface area (Å²) in [4.78, 5) is 20.5. The smallest absolute Gasteiger partial charge is 0.303 e. The Hall–Kier alpha value is -4.01. The molecule has 0 aliphatic heterocycles. The number of hydrazine groups is 1. The number of rotatable bonds is 11. The monoisotopic (exact) mass is 499 g/mol. The van der Waals surface area contributed by atoms with Crippen molar-refractivity contribution in [2.45, 2.75) is 45.1 Å². The van der Waals surface area contributed by atoms with Crippen LogP contribution in [0.3, 0.4) is 0 Å². The van der Waals surface area contributed by atoms with E-state index in [9.17, 15) is 10.0 Å². The molecule has 4 rings (SSSR count). The van der Waals surface area contributed by atoms with E-state index in [-0.39, 0.29) is 12.5 Å². The maximum absolute atomic E-state index is 10.9. The molecule has 0 amide bonds. The highest BCUT2D eigenvalue weighted by Crippen LogP contribution is 2.31. The first-order chi connectivity index (χ1) is 18.0. The number of hydrogen-bond donors (Lipinski definition) is 4. The van der Waals surface area contributed by atoms with E-state index in [4.69, 9.17) is 15.1 Å². The van der Waals surface area contributed by atoms with E-state index in [0.29, 0.717) is 41.2 Å². The second-order valence-corrected chi connectivity index (χ2v) is 8.95. The number of benzene rings is 2. The third kappa shape index (κ3) is 6.41. The Morgan fingerprint density at radius 3 is 2.84 bits per heavy atom. The minimum Gasteiger partial charge on any atom is -0.481 e. The maximum atomic E-state index is 10.9. The van der Waals surface area contributed by atoms with E-state index >= 15 is 0 Å². The first kappa shape index (κ1) is 26.1. The Kier molecular flexibility index (Phi) is 8.66. The van der Waals surface area contributed by atoms with Crippen molar-refractivity contribution in [2.75, 3.05) is 17.0 Å². The summed E-state index contributed by atoms with van der Waals surface area (Å²) in [5, 5.41) is 24.2. The molecule has 1 aliphatic carbocycles. The van der Waals surface area contributed by atoms with Gasteiger partial charge in [0.05, 0.1) is 22.8 Å². The molecular weight excluding hydrogens is 466 g/mol. The van der Waals surface area contributed by atoms with E-state index < -0.39 is 5.97 Å². The molecule has 0 saturated heterocycles. The lowest BCUT2D eigenvalue weighted by atomic mass is 9.88. The van der Waals surface area contributed by atoms with Gasteiger partial charge in [-0.3, -0.25) is 10.0 Å². The zero-order chi connectivity index (χ0) is 26.2. The van der Waals surface area contributed by atoms with Crippen molar-refractivity contribution in [2.24, 2.45) is 0 Å². The molecule has 4 N–H and O–H groups in total. The number of carboxylic acids is 1. The summed E-state index contributed by atoms with van der Waals surface area (Å²) >= 11 is 0. The third-order valence-corrected chi connectivity index (χ3v) is 6.36. The molecule has 1 aromatic heterocycles. The third-order valence-electron chi connectivity index (χ3n) is 6.36. The number of anilines is 2. The number of hydrogen-bond acceptors (Lipinski definition) is 7.